The summed E-state index contributed by atoms with van der Waals surface area (Å²) in [6.07, 6.45) is 8.54. The van der Waals surface area contributed by atoms with Gasteiger partial charge in [-0.2, -0.15) is 10.4 Å². The van der Waals surface area contributed by atoms with Crippen LogP contribution in [0.3, 0.4) is 0 Å². The Hall–Kier alpha value is -4.03. The summed E-state index contributed by atoms with van der Waals surface area (Å²) >= 11 is 0. The SMILES string of the molecule is C/C=C(\C)OC(=O)N(c1ccc(OCC)cc1)c1c(C2CC2)c(N[C@H]2CC[C@H](N)CC2)c(C#N)c2ccnn12. The van der Waals surface area contributed by atoms with Crippen LogP contribution in [0.15, 0.2) is 48.4 Å². The largest absolute Gasteiger partial charge is 0.494 e. The molecule has 204 valence electrons. The first kappa shape index (κ1) is 26.6. The number of nitrogens with zero attached hydrogens (tertiary/aromatic N) is 4. The van der Waals surface area contributed by atoms with Crippen LogP contribution < -0.4 is 20.7 Å². The molecular formula is C30H36N6O3. The summed E-state index contributed by atoms with van der Waals surface area (Å²) in [6, 6.07) is 12.0. The molecular weight excluding hydrogens is 492 g/mol. The van der Waals surface area contributed by atoms with Crippen molar-refractivity contribution in [3.63, 3.8) is 0 Å². The van der Waals surface area contributed by atoms with Gasteiger partial charge in [-0.15, -0.1) is 0 Å². The Morgan fingerprint density at radius 2 is 1.92 bits per heavy atom. The molecule has 0 aliphatic heterocycles. The summed E-state index contributed by atoms with van der Waals surface area (Å²) in [6.45, 7) is 6.05. The minimum Gasteiger partial charge on any atom is -0.494 e. The molecule has 0 bridgehead atoms. The summed E-state index contributed by atoms with van der Waals surface area (Å²) in [5, 5.41) is 18.7. The van der Waals surface area contributed by atoms with Crippen LogP contribution in [0.5, 0.6) is 5.75 Å². The number of nitrogens with two attached hydrogens (primary N) is 1. The van der Waals surface area contributed by atoms with Crippen LogP contribution in [-0.2, 0) is 4.74 Å². The number of rotatable bonds is 8. The summed E-state index contributed by atoms with van der Waals surface area (Å²) in [7, 11) is 0. The van der Waals surface area contributed by atoms with Crippen molar-refractivity contribution in [2.24, 2.45) is 5.73 Å². The Labute approximate surface area is 229 Å². The van der Waals surface area contributed by atoms with Gasteiger partial charge in [-0.05, 0) is 102 Å². The normalized spacial score (nSPS) is 19.4. The quantitative estimate of drug-likeness (QED) is 0.327. The van der Waals surface area contributed by atoms with Gasteiger partial charge in [0.2, 0.25) is 0 Å². The molecule has 0 saturated heterocycles. The van der Waals surface area contributed by atoms with Crippen molar-refractivity contribution >= 4 is 28.8 Å². The van der Waals surface area contributed by atoms with E-state index in [-0.39, 0.29) is 18.0 Å². The van der Waals surface area contributed by atoms with E-state index < -0.39 is 6.09 Å². The average molecular weight is 529 g/mol. The zero-order chi connectivity index (χ0) is 27.5. The molecule has 1 aromatic carbocycles. The van der Waals surface area contributed by atoms with Gasteiger partial charge in [0.25, 0.3) is 0 Å². The predicted molar refractivity (Wildman–Crippen MR) is 151 cm³/mol. The molecule has 0 spiro atoms. The summed E-state index contributed by atoms with van der Waals surface area (Å²) < 4.78 is 13.1. The second-order valence-electron chi connectivity index (χ2n) is 10.3. The molecule has 2 aromatic heterocycles. The Bertz CT molecular complexity index is 1410. The molecule has 3 aromatic rings. The highest BCUT2D eigenvalue weighted by Gasteiger charge is 2.38. The third-order valence-electron chi connectivity index (χ3n) is 7.53. The molecule has 2 saturated carbocycles. The van der Waals surface area contributed by atoms with Crippen molar-refractivity contribution in [1.29, 1.82) is 5.26 Å². The topological polar surface area (TPSA) is 118 Å². The van der Waals surface area contributed by atoms with E-state index >= 15 is 0 Å². The maximum Gasteiger partial charge on any atom is 0.425 e. The smallest absolute Gasteiger partial charge is 0.425 e. The lowest BCUT2D eigenvalue weighted by atomic mass is 9.91. The van der Waals surface area contributed by atoms with Crippen LogP contribution >= 0.6 is 0 Å². The number of amides is 1. The zero-order valence-electron chi connectivity index (χ0n) is 22.8. The highest BCUT2D eigenvalue weighted by Crippen LogP contribution is 2.51. The van der Waals surface area contributed by atoms with Crippen molar-refractivity contribution in [3.05, 3.63) is 59.5 Å². The number of carbonyl (C=O) groups is 1. The van der Waals surface area contributed by atoms with Crippen molar-refractivity contribution in [2.45, 2.75) is 77.3 Å². The number of nitrogens with one attached hydrogen (secondary N) is 1. The van der Waals surface area contributed by atoms with E-state index in [2.05, 4.69) is 16.5 Å². The van der Waals surface area contributed by atoms with Crippen LogP contribution in [-0.4, -0.2) is 34.4 Å². The molecule has 1 amide bonds. The van der Waals surface area contributed by atoms with Gasteiger partial charge in [0, 0.05) is 17.6 Å². The number of hydrogen-bond donors (Lipinski definition) is 2. The number of anilines is 3. The Morgan fingerprint density at radius 3 is 2.54 bits per heavy atom. The van der Waals surface area contributed by atoms with Gasteiger partial charge in [-0.1, -0.05) is 0 Å². The summed E-state index contributed by atoms with van der Waals surface area (Å²) in [5.41, 5.74) is 9.67. The number of allylic oxidation sites excluding steroid dienone is 2. The number of fused-ring (bicyclic) bond motifs is 1. The lowest BCUT2D eigenvalue weighted by Gasteiger charge is -2.31. The van der Waals surface area contributed by atoms with Gasteiger partial charge < -0.3 is 20.5 Å². The zero-order valence-corrected chi connectivity index (χ0v) is 22.8. The van der Waals surface area contributed by atoms with Crippen LogP contribution in [0.25, 0.3) is 5.52 Å². The van der Waals surface area contributed by atoms with E-state index in [1.807, 2.05) is 44.2 Å². The highest BCUT2D eigenvalue weighted by atomic mass is 16.6. The summed E-state index contributed by atoms with van der Waals surface area (Å²) in [4.78, 5) is 15.4. The molecule has 0 unspecified atom stereocenters. The first-order valence-corrected chi connectivity index (χ1v) is 13.8. The highest BCUT2D eigenvalue weighted by molar-refractivity contribution is 5.99. The Balaban J connectivity index is 1.72. The van der Waals surface area contributed by atoms with Gasteiger partial charge in [-0.3, -0.25) is 0 Å². The third kappa shape index (κ3) is 5.43. The van der Waals surface area contributed by atoms with E-state index in [4.69, 9.17) is 15.2 Å². The van der Waals surface area contributed by atoms with Crippen molar-refractivity contribution in [3.8, 4) is 11.8 Å². The number of hydrogen-bond acceptors (Lipinski definition) is 7. The molecule has 0 atom stereocenters. The number of benzene rings is 1. The third-order valence-corrected chi connectivity index (χ3v) is 7.53. The number of carbonyl (C=O) groups excluding carboxylic acids is 1. The van der Waals surface area contributed by atoms with Gasteiger partial charge in [0.05, 0.1) is 29.7 Å². The van der Waals surface area contributed by atoms with Crippen LogP contribution in [0.1, 0.15) is 76.3 Å². The van der Waals surface area contributed by atoms with Gasteiger partial charge in [0.1, 0.15) is 23.1 Å². The Morgan fingerprint density at radius 1 is 1.21 bits per heavy atom. The lowest BCUT2D eigenvalue weighted by molar-refractivity contribution is 0.186. The van der Waals surface area contributed by atoms with E-state index in [0.29, 0.717) is 40.7 Å². The first-order valence-electron chi connectivity index (χ1n) is 13.8. The van der Waals surface area contributed by atoms with Crippen LogP contribution in [0, 0.1) is 11.3 Å². The van der Waals surface area contributed by atoms with E-state index in [1.54, 1.807) is 28.6 Å². The van der Waals surface area contributed by atoms with Crippen LogP contribution in [0.4, 0.5) is 22.0 Å². The number of ether oxygens (including phenoxy) is 2. The minimum atomic E-state index is -0.548. The average Bonchev–Trinajstić information content (AvgIpc) is 3.66. The maximum atomic E-state index is 13.9. The lowest BCUT2D eigenvalue weighted by Crippen LogP contribution is -2.34. The second-order valence-corrected chi connectivity index (χ2v) is 10.3. The Kier molecular flexibility index (Phi) is 7.75. The first-order chi connectivity index (χ1) is 18.9. The molecule has 2 heterocycles. The second kappa shape index (κ2) is 11.4. The molecule has 9 heteroatoms. The predicted octanol–water partition coefficient (Wildman–Crippen LogP) is 6.36. The summed E-state index contributed by atoms with van der Waals surface area (Å²) in [5.74, 6) is 1.98. The molecule has 2 aliphatic carbocycles. The molecule has 0 radical (unpaired) electrons. The maximum absolute atomic E-state index is 13.9. The van der Waals surface area contributed by atoms with Crippen molar-refractivity contribution < 1.29 is 14.3 Å². The number of aromatic nitrogens is 2. The van der Waals surface area contributed by atoms with Gasteiger partial charge in [-0.25, -0.2) is 14.2 Å². The standard InChI is InChI=1S/C30H36N6O3/c1-4-19(3)39-30(37)35(23-12-14-24(15-13-23)38-5-2)29-27(20-6-7-20)28(34-22-10-8-21(32)9-11-22)25(18-31)26-16-17-33-36(26)29/h4,12-17,20-22,34H,5-11,32H2,1-3H3/b19-4+/t21-,22-. The van der Waals surface area contributed by atoms with Crippen molar-refractivity contribution in [1.82, 2.24) is 9.61 Å². The van der Waals surface area contributed by atoms with Gasteiger partial charge >= 0.3 is 6.09 Å². The van der Waals surface area contributed by atoms with E-state index in [1.165, 1.54) is 0 Å². The molecule has 3 N–H and O–H groups in total. The molecule has 2 aliphatic rings. The fourth-order valence-electron chi connectivity index (χ4n) is 5.27. The number of pyridine rings is 1. The monoisotopic (exact) mass is 528 g/mol. The fourth-order valence-corrected chi connectivity index (χ4v) is 5.27. The molecule has 2 fully saturated rings. The number of nitriles is 1. The van der Waals surface area contributed by atoms with E-state index in [0.717, 1.165) is 49.8 Å². The molecule has 39 heavy (non-hydrogen) atoms. The molecule has 9 nitrogen and oxygen atoms in total. The minimum absolute atomic E-state index is 0.190. The van der Waals surface area contributed by atoms with Crippen LogP contribution in [0.2, 0.25) is 0 Å². The van der Waals surface area contributed by atoms with E-state index in [9.17, 15) is 10.1 Å². The van der Waals surface area contributed by atoms with Gasteiger partial charge in [0.15, 0.2) is 5.82 Å². The molecule has 5 rings (SSSR count). The fraction of sp³-hybridized carbons (Fsp3) is 0.433. The van der Waals surface area contributed by atoms with Crippen molar-refractivity contribution in [2.75, 3.05) is 16.8 Å².